The van der Waals surface area contributed by atoms with Crippen LogP contribution in [-0.4, -0.2) is 5.78 Å². The largest absolute Gasteiger partial charge is 0.309 e. The highest BCUT2D eigenvalue weighted by Gasteiger charge is 2.15. The lowest BCUT2D eigenvalue weighted by Crippen LogP contribution is -2.02. The summed E-state index contributed by atoms with van der Waals surface area (Å²) in [5, 5.41) is 3.23. The minimum atomic E-state index is 0.163. The van der Waals surface area contributed by atoms with E-state index in [9.17, 15) is 4.79 Å². The molecular weight excluding hydrogens is 150 g/mol. The summed E-state index contributed by atoms with van der Waals surface area (Å²) in [5.74, 6) is 0.163. The highest BCUT2D eigenvalue weighted by molar-refractivity contribution is 5.96. The van der Waals surface area contributed by atoms with Crippen molar-refractivity contribution in [2.75, 3.05) is 0 Å². The second-order valence-corrected chi connectivity index (χ2v) is 3.10. The van der Waals surface area contributed by atoms with E-state index in [1.165, 1.54) is 11.1 Å². The van der Waals surface area contributed by atoms with Gasteiger partial charge in [0.25, 0.3) is 0 Å². The number of hydrogen-bond donors (Lipinski definition) is 1. The van der Waals surface area contributed by atoms with Crippen LogP contribution in [0.5, 0.6) is 0 Å². The first kappa shape index (κ1) is 7.50. The molecule has 0 saturated heterocycles. The normalized spacial score (nSPS) is 14.4. The molecule has 1 heterocycles. The lowest BCUT2D eigenvalue weighted by atomic mass is 10.0. The van der Waals surface area contributed by atoms with Crippen molar-refractivity contribution >= 4 is 5.78 Å². The number of fused-ring (bicyclic) bond motifs is 1. The molecule has 62 valence electrons. The van der Waals surface area contributed by atoms with Crippen molar-refractivity contribution in [3.05, 3.63) is 34.9 Å². The zero-order valence-corrected chi connectivity index (χ0v) is 7.05. The van der Waals surface area contributed by atoms with Crippen molar-refractivity contribution in [3.63, 3.8) is 0 Å². The van der Waals surface area contributed by atoms with Gasteiger partial charge in [0.05, 0.1) is 0 Å². The molecular formula is C10H11NO. The number of carbonyl (C=O) groups is 1. The van der Waals surface area contributed by atoms with E-state index in [0.717, 1.165) is 18.7 Å². The van der Waals surface area contributed by atoms with Crippen molar-refractivity contribution in [2.45, 2.75) is 20.0 Å². The van der Waals surface area contributed by atoms with Gasteiger partial charge in [-0.05, 0) is 18.1 Å². The first-order valence-electron chi connectivity index (χ1n) is 4.11. The second kappa shape index (κ2) is 2.72. The van der Waals surface area contributed by atoms with Gasteiger partial charge in [-0.15, -0.1) is 0 Å². The Hall–Kier alpha value is -1.15. The second-order valence-electron chi connectivity index (χ2n) is 3.10. The van der Waals surface area contributed by atoms with E-state index in [-0.39, 0.29) is 5.78 Å². The van der Waals surface area contributed by atoms with E-state index in [0.29, 0.717) is 0 Å². The number of benzene rings is 1. The molecule has 0 aliphatic carbocycles. The molecule has 2 heteroatoms. The molecule has 1 aromatic carbocycles. The lowest BCUT2D eigenvalue weighted by molar-refractivity contribution is 0.101. The van der Waals surface area contributed by atoms with E-state index in [1.54, 1.807) is 6.92 Å². The topological polar surface area (TPSA) is 29.1 Å². The molecule has 0 aromatic heterocycles. The quantitative estimate of drug-likeness (QED) is 0.632. The van der Waals surface area contributed by atoms with Crippen LogP contribution < -0.4 is 5.32 Å². The van der Waals surface area contributed by atoms with Crippen LogP contribution in [0.25, 0.3) is 0 Å². The van der Waals surface area contributed by atoms with Crippen LogP contribution in [0.1, 0.15) is 28.4 Å². The third-order valence-corrected chi connectivity index (χ3v) is 2.27. The molecule has 0 atom stereocenters. The number of ketones is 1. The lowest BCUT2D eigenvalue weighted by Gasteiger charge is -2.02. The van der Waals surface area contributed by atoms with Gasteiger partial charge in [0, 0.05) is 18.7 Å². The van der Waals surface area contributed by atoms with Crippen molar-refractivity contribution in [2.24, 2.45) is 0 Å². The summed E-state index contributed by atoms with van der Waals surface area (Å²) in [6.07, 6.45) is 0. The van der Waals surface area contributed by atoms with E-state index >= 15 is 0 Å². The SMILES string of the molecule is CC(=O)c1cccc2c1CNC2. The summed E-state index contributed by atoms with van der Waals surface area (Å²) in [5.41, 5.74) is 3.32. The van der Waals surface area contributed by atoms with Crippen molar-refractivity contribution in [1.82, 2.24) is 5.32 Å². The Labute approximate surface area is 71.6 Å². The molecule has 2 nitrogen and oxygen atoms in total. The maximum Gasteiger partial charge on any atom is 0.160 e. The van der Waals surface area contributed by atoms with Crippen molar-refractivity contribution in [3.8, 4) is 0 Å². The number of carbonyl (C=O) groups excluding carboxylic acids is 1. The molecule has 12 heavy (non-hydrogen) atoms. The first-order chi connectivity index (χ1) is 5.79. The minimum absolute atomic E-state index is 0.163. The van der Waals surface area contributed by atoms with Gasteiger partial charge in [0.15, 0.2) is 5.78 Å². The molecule has 2 rings (SSSR count). The maximum absolute atomic E-state index is 11.2. The van der Waals surface area contributed by atoms with Crippen molar-refractivity contribution in [1.29, 1.82) is 0 Å². The molecule has 1 aliphatic heterocycles. The Bertz CT molecular complexity index is 331. The van der Waals surface area contributed by atoms with Gasteiger partial charge in [-0.1, -0.05) is 18.2 Å². The summed E-state index contributed by atoms with van der Waals surface area (Å²) in [6.45, 7) is 3.36. The Balaban J connectivity index is 2.56. The smallest absolute Gasteiger partial charge is 0.160 e. The molecule has 0 spiro atoms. The molecule has 1 N–H and O–H groups in total. The van der Waals surface area contributed by atoms with E-state index < -0.39 is 0 Å². The van der Waals surface area contributed by atoms with E-state index in [4.69, 9.17) is 0 Å². The molecule has 0 amide bonds. The average Bonchev–Trinajstić information content (AvgIpc) is 2.49. The Morgan fingerprint density at radius 1 is 1.42 bits per heavy atom. The third kappa shape index (κ3) is 1.04. The van der Waals surface area contributed by atoms with E-state index in [1.807, 2.05) is 12.1 Å². The maximum atomic E-state index is 11.2. The standard InChI is InChI=1S/C10H11NO/c1-7(12)9-4-2-3-8-5-11-6-10(8)9/h2-4,11H,5-6H2,1H3. The zero-order chi connectivity index (χ0) is 8.55. The fraction of sp³-hybridized carbons (Fsp3) is 0.300. The Morgan fingerprint density at radius 2 is 2.25 bits per heavy atom. The number of hydrogen-bond acceptors (Lipinski definition) is 2. The van der Waals surface area contributed by atoms with Gasteiger partial charge in [-0.2, -0.15) is 0 Å². The van der Waals surface area contributed by atoms with Gasteiger partial charge >= 0.3 is 0 Å². The number of Topliss-reactive ketones (excluding diaryl/α,β-unsaturated/α-hetero) is 1. The average molecular weight is 161 g/mol. The minimum Gasteiger partial charge on any atom is -0.309 e. The van der Waals surface area contributed by atoms with Crippen LogP contribution in [0, 0.1) is 0 Å². The fourth-order valence-electron chi connectivity index (χ4n) is 1.66. The molecule has 0 bridgehead atoms. The molecule has 0 saturated carbocycles. The van der Waals surface area contributed by atoms with Crippen LogP contribution in [0.15, 0.2) is 18.2 Å². The molecule has 0 fully saturated rings. The van der Waals surface area contributed by atoms with Crippen LogP contribution in [0.3, 0.4) is 0 Å². The summed E-state index contributed by atoms with van der Waals surface area (Å²) in [7, 11) is 0. The van der Waals surface area contributed by atoms with Crippen LogP contribution in [0.4, 0.5) is 0 Å². The van der Waals surface area contributed by atoms with Crippen LogP contribution >= 0.6 is 0 Å². The van der Waals surface area contributed by atoms with E-state index in [2.05, 4.69) is 11.4 Å². The number of rotatable bonds is 1. The third-order valence-electron chi connectivity index (χ3n) is 2.27. The predicted octanol–water partition coefficient (Wildman–Crippen LogP) is 1.49. The molecule has 1 aromatic rings. The predicted molar refractivity (Wildman–Crippen MR) is 47.0 cm³/mol. The van der Waals surface area contributed by atoms with Gasteiger partial charge < -0.3 is 5.32 Å². The molecule has 1 aliphatic rings. The Morgan fingerprint density at radius 3 is 3.00 bits per heavy atom. The summed E-state index contributed by atoms with van der Waals surface area (Å²) < 4.78 is 0. The van der Waals surface area contributed by atoms with Gasteiger partial charge in [-0.3, -0.25) is 4.79 Å². The van der Waals surface area contributed by atoms with Crippen molar-refractivity contribution < 1.29 is 4.79 Å². The number of nitrogens with one attached hydrogen (secondary N) is 1. The van der Waals surface area contributed by atoms with Gasteiger partial charge in [-0.25, -0.2) is 0 Å². The van der Waals surface area contributed by atoms with Crippen LogP contribution in [0.2, 0.25) is 0 Å². The summed E-state index contributed by atoms with van der Waals surface area (Å²) in [6, 6.07) is 5.92. The Kier molecular flexibility index (Phi) is 1.70. The summed E-state index contributed by atoms with van der Waals surface area (Å²) in [4.78, 5) is 11.2. The molecule has 0 radical (unpaired) electrons. The fourth-order valence-corrected chi connectivity index (χ4v) is 1.66. The van der Waals surface area contributed by atoms with Gasteiger partial charge in [0.2, 0.25) is 0 Å². The first-order valence-corrected chi connectivity index (χ1v) is 4.11. The monoisotopic (exact) mass is 161 g/mol. The highest BCUT2D eigenvalue weighted by Crippen LogP contribution is 2.19. The summed E-state index contributed by atoms with van der Waals surface area (Å²) >= 11 is 0. The molecule has 0 unspecified atom stereocenters. The van der Waals surface area contributed by atoms with Gasteiger partial charge in [0.1, 0.15) is 0 Å². The highest BCUT2D eigenvalue weighted by atomic mass is 16.1. The zero-order valence-electron chi connectivity index (χ0n) is 7.05. The van der Waals surface area contributed by atoms with Crippen LogP contribution in [-0.2, 0) is 13.1 Å².